The number of halogens is 1. The fourth-order valence-electron chi connectivity index (χ4n) is 1.57. The molecule has 0 amide bonds. The highest BCUT2D eigenvalue weighted by Crippen LogP contribution is 2.22. The summed E-state index contributed by atoms with van der Waals surface area (Å²) < 4.78 is 39.1. The van der Waals surface area contributed by atoms with Gasteiger partial charge in [0.05, 0.1) is 0 Å². The van der Waals surface area contributed by atoms with E-state index in [4.69, 9.17) is 5.73 Å². The van der Waals surface area contributed by atoms with E-state index >= 15 is 0 Å². The molecule has 0 radical (unpaired) electrons. The summed E-state index contributed by atoms with van der Waals surface area (Å²) in [7, 11) is -2.38. The zero-order chi connectivity index (χ0) is 14.0. The highest BCUT2D eigenvalue weighted by Gasteiger charge is 2.28. The third-order valence-electron chi connectivity index (χ3n) is 2.73. The van der Waals surface area contributed by atoms with Gasteiger partial charge in [-0.05, 0) is 24.1 Å². The molecule has 0 aromatic heterocycles. The number of hydrogen-bond acceptors (Lipinski definition) is 3. The molecule has 0 atom stereocenters. The summed E-state index contributed by atoms with van der Waals surface area (Å²) in [6.45, 7) is 4.31. The second-order valence-electron chi connectivity index (χ2n) is 5.06. The first-order valence-corrected chi connectivity index (χ1v) is 7.06. The van der Waals surface area contributed by atoms with Crippen LogP contribution in [0.4, 0.5) is 4.39 Å². The Morgan fingerprint density at radius 1 is 1.33 bits per heavy atom. The minimum Gasteiger partial charge on any atom is -0.330 e. The first kappa shape index (κ1) is 15.1. The van der Waals surface area contributed by atoms with Crippen LogP contribution in [0.3, 0.4) is 0 Å². The fourth-order valence-corrected chi connectivity index (χ4v) is 2.99. The predicted octanol–water partition coefficient (Wildman–Crippen LogP) is 1.43. The van der Waals surface area contributed by atoms with Crippen LogP contribution in [0, 0.1) is 11.2 Å². The van der Waals surface area contributed by atoms with Crippen molar-refractivity contribution < 1.29 is 12.8 Å². The molecule has 0 unspecified atom stereocenters. The van der Waals surface area contributed by atoms with E-state index in [1.165, 1.54) is 25.2 Å². The van der Waals surface area contributed by atoms with Gasteiger partial charge in [-0.1, -0.05) is 26.0 Å². The van der Waals surface area contributed by atoms with Gasteiger partial charge in [-0.25, -0.2) is 17.1 Å². The van der Waals surface area contributed by atoms with E-state index in [1.54, 1.807) is 0 Å². The Morgan fingerprint density at radius 3 is 2.39 bits per heavy atom. The van der Waals surface area contributed by atoms with Crippen LogP contribution >= 0.6 is 0 Å². The van der Waals surface area contributed by atoms with Crippen molar-refractivity contribution in [2.24, 2.45) is 11.1 Å². The molecule has 0 spiro atoms. The maximum atomic E-state index is 13.5. The molecule has 0 aliphatic rings. The molecule has 2 N–H and O–H groups in total. The Labute approximate surface area is 108 Å². The van der Waals surface area contributed by atoms with E-state index in [2.05, 4.69) is 0 Å². The Hall–Kier alpha value is -0.980. The van der Waals surface area contributed by atoms with Crippen molar-refractivity contribution >= 4 is 10.0 Å². The average Bonchev–Trinajstić information content (AvgIpc) is 2.28. The largest absolute Gasteiger partial charge is 0.330 e. The van der Waals surface area contributed by atoms with Crippen molar-refractivity contribution in [2.45, 2.75) is 18.7 Å². The van der Waals surface area contributed by atoms with Gasteiger partial charge in [-0.2, -0.15) is 0 Å². The van der Waals surface area contributed by atoms with Crippen molar-refractivity contribution in [3.8, 4) is 0 Å². The summed E-state index contributed by atoms with van der Waals surface area (Å²) in [5.74, 6) is -0.741. The number of sulfonamides is 1. The highest BCUT2D eigenvalue weighted by atomic mass is 32.2. The molecule has 1 aromatic carbocycles. The standard InChI is InChI=1S/C12H19FN2O2S/c1-12(2,8-14)9-15(3)18(16,17)11-7-5-4-6-10(11)13/h4-7H,8-9,14H2,1-3H3. The third-order valence-corrected chi connectivity index (χ3v) is 4.56. The van der Waals surface area contributed by atoms with Crippen LogP contribution in [-0.2, 0) is 10.0 Å². The SMILES string of the molecule is CN(CC(C)(C)CN)S(=O)(=O)c1ccccc1F. The van der Waals surface area contributed by atoms with E-state index in [0.29, 0.717) is 6.54 Å². The third kappa shape index (κ3) is 3.28. The lowest BCUT2D eigenvalue weighted by atomic mass is 9.94. The predicted molar refractivity (Wildman–Crippen MR) is 69.1 cm³/mol. The van der Waals surface area contributed by atoms with Crippen LogP contribution in [0.25, 0.3) is 0 Å². The average molecular weight is 274 g/mol. The first-order valence-electron chi connectivity index (χ1n) is 5.62. The fraction of sp³-hybridized carbons (Fsp3) is 0.500. The number of benzene rings is 1. The quantitative estimate of drug-likeness (QED) is 0.883. The molecule has 102 valence electrons. The number of nitrogens with two attached hydrogens (primary N) is 1. The number of rotatable bonds is 5. The van der Waals surface area contributed by atoms with E-state index in [0.717, 1.165) is 10.4 Å². The highest BCUT2D eigenvalue weighted by molar-refractivity contribution is 7.89. The molecule has 0 heterocycles. The van der Waals surface area contributed by atoms with Gasteiger partial charge in [0, 0.05) is 13.6 Å². The summed E-state index contributed by atoms with van der Waals surface area (Å²) >= 11 is 0. The topological polar surface area (TPSA) is 63.4 Å². The van der Waals surface area contributed by atoms with Crippen molar-refractivity contribution in [1.82, 2.24) is 4.31 Å². The second kappa shape index (κ2) is 5.34. The monoisotopic (exact) mass is 274 g/mol. The summed E-state index contributed by atoms with van der Waals surface area (Å²) in [6.07, 6.45) is 0. The summed E-state index contributed by atoms with van der Waals surface area (Å²) in [4.78, 5) is -0.305. The normalized spacial score (nSPS) is 13.0. The molecule has 6 heteroatoms. The van der Waals surface area contributed by atoms with Crippen LogP contribution in [0.5, 0.6) is 0 Å². The molecule has 0 saturated carbocycles. The first-order chi connectivity index (χ1) is 8.20. The molecule has 0 bridgehead atoms. The van der Waals surface area contributed by atoms with Crippen LogP contribution in [0.15, 0.2) is 29.2 Å². The van der Waals surface area contributed by atoms with Gasteiger partial charge in [-0.15, -0.1) is 0 Å². The zero-order valence-electron chi connectivity index (χ0n) is 10.9. The van der Waals surface area contributed by atoms with Crippen molar-refractivity contribution in [2.75, 3.05) is 20.1 Å². The van der Waals surface area contributed by atoms with Crippen molar-refractivity contribution in [3.05, 3.63) is 30.1 Å². The van der Waals surface area contributed by atoms with Gasteiger partial charge in [0.25, 0.3) is 0 Å². The van der Waals surface area contributed by atoms with Crippen molar-refractivity contribution in [3.63, 3.8) is 0 Å². The molecule has 0 aliphatic heterocycles. The number of nitrogens with zero attached hydrogens (tertiary/aromatic N) is 1. The van der Waals surface area contributed by atoms with Gasteiger partial charge in [-0.3, -0.25) is 0 Å². The molecule has 1 rings (SSSR count). The Morgan fingerprint density at radius 2 is 1.89 bits per heavy atom. The molecular formula is C12H19FN2O2S. The lowest BCUT2D eigenvalue weighted by Gasteiger charge is -2.28. The minimum absolute atomic E-state index is 0.236. The van der Waals surface area contributed by atoms with E-state index in [1.807, 2.05) is 13.8 Å². The summed E-state index contributed by atoms with van der Waals surface area (Å²) in [6, 6.07) is 5.35. The van der Waals surface area contributed by atoms with E-state index in [9.17, 15) is 12.8 Å². The lowest BCUT2D eigenvalue weighted by Crippen LogP contribution is -2.39. The Kier molecular flexibility index (Phi) is 4.47. The summed E-state index contributed by atoms with van der Waals surface area (Å²) in [5.41, 5.74) is 5.22. The van der Waals surface area contributed by atoms with Gasteiger partial charge < -0.3 is 5.73 Å². The van der Waals surface area contributed by atoms with Crippen LogP contribution in [0.1, 0.15) is 13.8 Å². The molecule has 0 fully saturated rings. The molecule has 0 aliphatic carbocycles. The smallest absolute Gasteiger partial charge is 0.245 e. The second-order valence-corrected chi connectivity index (χ2v) is 7.07. The van der Waals surface area contributed by atoms with E-state index < -0.39 is 15.8 Å². The van der Waals surface area contributed by atoms with Gasteiger partial charge in [0.15, 0.2) is 0 Å². The lowest BCUT2D eigenvalue weighted by molar-refractivity contribution is 0.291. The Bertz CT molecular complexity index is 515. The zero-order valence-corrected chi connectivity index (χ0v) is 11.7. The Balaban J connectivity index is 3.05. The van der Waals surface area contributed by atoms with E-state index in [-0.39, 0.29) is 16.9 Å². The van der Waals surface area contributed by atoms with Crippen LogP contribution < -0.4 is 5.73 Å². The summed E-state index contributed by atoms with van der Waals surface area (Å²) in [5, 5.41) is 0. The molecule has 1 aromatic rings. The van der Waals surface area contributed by atoms with Gasteiger partial charge in [0.2, 0.25) is 10.0 Å². The van der Waals surface area contributed by atoms with Crippen LogP contribution in [0.2, 0.25) is 0 Å². The van der Waals surface area contributed by atoms with Crippen LogP contribution in [-0.4, -0.2) is 32.9 Å². The molecule has 4 nitrogen and oxygen atoms in total. The maximum Gasteiger partial charge on any atom is 0.245 e. The number of hydrogen-bond donors (Lipinski definition) is 1. The molecular weight excluding hydrogens is 255 g/mol. The maximum absolute atomic E-state index is 13.5. The van der Waals surface area contributed by atoms with Gasteiger partial charge in [0.1, 0.15) is 10.7 Å². The molecule has 0 saturated heterocycles. The van der Waals surface area contributed by atoms with Gasteiger partial charge >= 0.3 is 0 Å². The minimum atomic E-state index is -3.81. The molecule has 18 heavy (non-hydrogen) atoms. The van der Waals surface area contributed by atoms with Crippen molar-refractivity contribution in [1.29, 1.82) is 0 Å².